The van der Waals surface area contributed by atoms with Crippen LogP contribution in [0.2, 0.25) is 0 Å². The number of nitrogens with one attached hydrogen (secondary N) is 1. The normalized spacial score (nSPS) is 32.4. The highest BCUT2D eigenvalue weighted by Gasteiger charge is 2.52. The Morgan fingerprint density at radius 1 is 0.824 bits per heavy atom. The molecule has 11 nitrogen and oxygen atoms in total. The number of phenols is 2. The fourth-order valence-electron chi connectivity index (χ4n) is 17.5. The summed E-state index contributed by atoms with van der Waals surface area (Å²) in [6, 6.07) is 19.2. The first kappa shape index (κ1) is 58.1. The maximum absolute atomic E-state index is 15.8. The van der Waals surface area contributed by atoms with E-state index in [1.807, 2.05) is 38.4 Å². The van der Waals surface area contributed by atoms with Gasteiger partial charge in [-0.05, 0) is 198 Å². The van der Waals surface area contributed by atoms with Gasteiger partial charge in [0, 0.05) is 76.5 Å². The molecule has 17 heteroatoms. The molecule has 14 unspecified atom stereocenters. The topological polar surface area (TPSA) is 193 Å². The van der Waals surface area contributed by atoms with Crippen LogP contribution in [-0.4, -0.2) is 94.8 Å². The van der Waals surface area contributed by atoms with Gasteiger partial charge in [-0.25, -0.2) is 0 Å². The summed E-state index contributed by atoms with van der Waals surface area (Å²) in [5.41, 5.74) is 8.38. The number of aromatic hydroxyl groups is 3. The molecule has 5 aromatic carbocycles. The van der Waals surface area contributed by atoms with Crippen LogP contribution in [-0.2, 0) is 25.0 Å². The van der Waals surface area contributed by atoms with Crippen LogP contribution in [0, 0.1) is 29.6 Å². The van der Waals surface area contributed by atoms with Crippen LogP contribution in [0.4, 0.5) is 0 Å². The second-order valence-electron chi connectivity index (χ2n) is 26.9. The molecule has 0 amide bonds. The number of fused-ring (bicyclic) bond motifs is 6. The first-order chi connectivity index (χ1) is 41.2. The minimum absolute atomic E-state index is 0.00510. The Balaban J connectivity index is 0.977. The minimum Gasteiger partial charge on any atom is -0.507 e. The Bertz CT molecular complexity index is 3690. The van der Waals surface area contributed by atoms with Gasteiger partial charge in [-0.15, -0.1) is 0 Å². The molecule has 12 aliphatic rings. The van der Waals surface area contributed by atoms with Gasteiger partial charge in [0.1, 0.15) is 34.3 Å². The van der Waals surface area contributed by atoms with Crippen molar-refractivity contribution in [3.8, 4) is 45.4 Å². The average Bonchev–Trinajstić information content (AvgIpc) is 0.865. The third-order valence-corrected chi connectivity index (χ3v) is 29.7. The van der Waals surface area contributed by atoms with Gasteiger partial charge in [0.25, 0.3) is 0 Å². The molecule has 2 saturated carbocycles. The maximum atomic E-state index is 15.8. The second kappa shape index (κ2) is 23.2. The molecule has 450 valence electrons. The maximum Gasteiger partial charge on any atom is 0.238 e. The van der Waals surface area contributed by atoms with Gasteiger partial charge in [-0.1, -0.05) is 115 Å². The molecule has 0 spiro atoms. The van der Waals surface area contributed by atoms with E-state index in [0.717, 1.165) is 114 Å². The summed E-state index contributed by atoms with van der Waals surface area (Å²) in [6.07, 6.45) is 8.42. The monoisotopic (exact) mass is 1260 g/mol. The van der Waals surface area contributed by atoms with Crippen LogP contribution in [0.5, 0.6) is 23.0 Å². The molecule has 8 N–H and O–H groups in total. The molecule has 8 aliphatic heterocycles. The van der Waals surface area contributed by atoms with Crippen LogP contribution >= 0.6 is 64.8 Å². The number of phenolic OH excluding ortho intramolecular Hbond substituents is 2. The van der Waals surface area contributed by atoms with Crippen molar-refractivity contribution >= 4 is 86.5 Å². The lowest BCUT2D eigenvalue weighted by atomic mass is 9.56. The number of piperidine rings is 1. The van der Waals surface area contributed by atoms with Crippen molar-refractivity contribution in [2.45, 2.75) is 174 Å². The van der Waals surface area contributed by atoms with E-state index < -0.39 is 41.0 Å². The number of ether oxygens (including phenoxy) is 1. The van der Waals surface area contributed by atoms with E-state index >= 15 is 4.79 Å². The van der Waals surface area contributed by atoms with E-state index in [2.05, 4.69) is 61.6 Å². The zero-order chi connectivity index (χ0) is 58.2. The molecule has 20 bridgehead atoms. The molecule has 1 aromatic heterocycles. The molecule has 0 radical (unpaired) electrons. The van der Waals surface area contributed by atoms with Crippen molar-refractivity contribution in [3.63, 3.8) is 0 Å². The van der Waals surface area contributed by atoms with E-state index in [1.54, 1.807) is 32.4 Å². The molecular formula is C68H77NO10S6. The highest BCUT2D eigenvalue weighted by Crippen LogP contribution is 2.63. The van der Waals surface area contributed by atoms with Crippen molar-refractivity contribution < 1.29 is 44.9 Å². The van der Waals surface area contributed by atoms with Gasteiger partial charge in [0.05, 0.1) is 28.6 Å². The van der Waals surface area contributed by atoms with E-state index in [9.17, 15) is 35.7 Å². The molecule has 6 aromatic rings. The number of aliphatic hydroxyl groups excluding tert-OH is 3. The van der Waals surface area contributed by atoms with E-state index in [1.165, 1.54) is 17.2 Å². The second-order valence-corrected chi connectivity index (χ2v) is 34.7. The number of hydrogen-bond acceptors (Lipinski definition) is 17. The van der Waals surface area contributed by atoms with Gasteiger partial charge in [0.15, 0.2) is 5.76 Å². The summed E-state index contributed by atoms with van der Waals surface area (Å²) < 4.78 is 14.1. The smallest absolute Gasteiger partial charge is 0.238 e. The van der Waals surface area contributed by atoms with Crippen LogP contribution < -0.4 is 15.5 Å². The minimum atomic E-state index is -1.00. The molecule has 14 atom stereocenters. The number of aliphatic hydroxyl groups is 4. The summed E-state index contributed by atoms with van der Waals surface area (Å²) >= 11 is 0. The van der Waals surface area contributed by atoms with Crippen LogP contribution in [0.3, 0.4) is 0 Å². The Morgan fingerprint density at radius 3 is 2.54 bits per heavy atom. The lowest BCUT2D eigenvalue weighted by molar-refractivity contribution is -0.111. The third kappa shape index (κ3) is 10.1. The van der Waals surface area contributed by atoms with Gasteiger partial charge in [-0.3, -0.25) is 4.79 Å². The summed E-state index contributed by atoms with van der Waals surface area (Å²) in [5, 5.41) is 94.1. The van der Waals surface area contributed by atoms with Crippen LogP contribution in [0.1, 0.15) is 164 Å². The van der Waals surface area contributed by atoms with Crippen molar-refractivity contribution in [2.75, 3.05) is 23.9 Å². The quantitative estimate of drug-likeness (QED) is 0.0777. The molecule has 2 saturated heterocycles. The predicted octanol–water partition coefficient (Wildman–Crippen LogP) is 14.4. The van der Waals surface area contributed by atoms with Crippen molar-refractivity contribution in [2.24, 2.45) is 29.6 Å². The highest BCUT2D eigenvalue weighted by molar-refractivity contribution is 8.77. The lowest BCUT2D eigenvalue weighted by Gasteiger charge is -2.52. The fraction of sp³-hybridized carbons (Fsp3) is 0.544. The summed E-state index contributed by atoms with van der Waals surface area (Å²) in [7, 11) is 10.9. The van der Waals surface area contributed by atoms with Crippen molar-refractivity contribution in [3.05, 3.63) is 115 Å². The first-order valence-electron chi connectivity index (χ1n) is 31.3. The summed E-state index contributed by atoms with van der Waals surface area (Å²) in [5.74, 6) is 2.97. The van der Waals surface area contributed by atoms with Crippen LogP contribution in [0.15, 0.2) is 63.8 Å². The predicted molar refractivity (Wildman–Crippen MR) is 351 cm³/mol. The first-order valence-corrected chi connectivity index (χ1v) is 38.6. The molecule has 4 fully saturated rings. The van der Waals surface area contributed by atoms with E-state index in [4.69, 9.17) is 9.15 Å². The zero-order valence-electron chi connectivity index (χ0n) is 48.2. The number of benzene rings is 5. The van der Waals surface area contributed by atoms with Gasteiger partial charge < -0.3 is 50.2 Å². The molecular weight excluding hydrogens is 1180 g/mol. The Morgan fingerprint density at radius 2 is 1.68 bits per heavy atom. The van der Waals surface area contributed by atoms with E-state index in [0.29, 0.717) is 72.1 Å². The molecule has 9 heterocycles. The molecule has 18 rings (SSSR count). The van der Waals surface area contributed by atoms with Gasteiger partial charge in [0.2, 0.25) is 11.2 Å². The Kier molecular flexibility index (Phi) is 15.8. The third-order valence-electron chi connectivity index (χ3n) is 21.4. The Labute approximate surface area is 521 Å². The van der Waals surface area contributed by atoms with Gasteiger partial charge >= 0.3 is 0 Å². The average molecular weight is 1260 g/mol. The molecule has 4 aliphatic carbocycles. The summed E-state index contributed by atoms with van der Waals surface area (Å²) in [4.78, 5) is 15.8. The van der Waals surface area contributed by atoms with E-state index in [-0.39, 0.29) is 98.7 Å². The highest BCUT2D eigenvalue weighted by atomic mass is 33.1. The van der Waals surface area contributed by atoms with Gasteiger partial charge in [-0.2, -0.15) is 0 Å². The Hall–Kier alpha value is -3.33. The van der Waals surface area contributed by atoms with Crippen LogP contribution in [0.25, 0.3) is 44.2 Å². The number of hydrogen-bond donors (Lipinski definition) is 8. The SMILES string of the molecule is CC(C)Cc1cc2c3c(c1O)Cc1cccc(c1)C1NC(CCC1SSC3)CSSCC1CCC3CCC(CC3(O)C1)C1Cc3ccc4c5c6c(cc(c35)C1CCO)-c1c(O)cc3oc-2c(O)c(=O)c3c1OC1CC6C(O)C4SSCCCC1O. The fourth-order valence-corrected chi connectivity index (χ4v) is 26.0. The number of rotatable bonds is 4. The largest absolute Gasteiger partial charge is 0.507 e. The summed E-state index contributed by atoms with van der Waals surface area (Å²) in [6.45, 7) is 4.17. The lowest BCUT2D eigenvalue weighted by Crippen LogP contribution is -2.50. The van der Waals surface area contributed by atoms with Crippen molar-refractivity contribution in [1.29, 1.82) is 0 Å². The van der Waals surface area contributed by atoms with Crippen molar-refractivity contribution in [1.82, 2.24) is 5.32 Å². The standard InChI is InChI=1S/C68H77NO10S6/c1-32(2)19-38-23-46-49-31-83-84-54-15-13-40(69-60(54)36-6-3-5-33(20-36)21-45(49)61(38)73)30-82-81-29-34-8-11-39-12-9-37(28-68(39,77)27-34)43-22-35-10-14-42-58-55(35)44(41(43)16-17-70)24-47-56(58)48-25-52(50(71)7-4-18-80-85-67(42)62(48)74)78-66-57(47)51(72)26-53-59(66)63(75)64(76)65(46)79-53/h3,5-6,10,14,20,23-24,26,32,34,37,39-41,43,48,50,52,54,60,62,67,69-74,76-77H,4,7-9,11-13,15-19,21-22,25,27-31H2,1-2H3. The molecule has 85 heavy (non-hydrogen) atoms. The zero-order valence-corrected chi connectivity index (χ0v) is 53.1.